The summed E-state index contributed by atoms with van der Waals surface area (Å²) in [6.45, 7) is 2.68. The van der Waals surface area contributed by atoms with Crippen LogP contribution in [0.5, 0.6) is 0 Å². The van der Waals surface area contributed by atoms with Gasteiger partial charge in [-0.15, -0.1) is 11.3 Å². The van der Waals surface area contributed by atoms with Gasteiger partial charge in [0.25, 0.3) is 5.91 Å². The second-order valence-corrected chi connectivity index (χ2v) is 3.54. The first kappa shape index (κ1) is 9.99. The Kier molecular flexibility index (Phi) is 4.26. The summed E-state index contributed by atoms with van der Waals surface area (Å²) in [4.78, 5) is 12.1. The topological polar surface area (TPSA) is 29.1 Å². The van der Waals surface area contributed by atoms with Crippen LogP contribution in [0.3, 0.4) is 0 Å². The molecule has 1 aromatic rings. The number of amides is 1. The molecule has 0 saturated carbocycles. The van der Waals surface area contributed by atoms with Crippen molar-refractivity contribution in [3.8, 4) is 0 Å². The highest BCUT2D eigenvalue weighted by molar-refractivity contribution is 7.12. The summed E-state index contributed by atoms with van der Waals surface area (Å²) in [7, 11) is 0. The molecule has 0 aliphatic heterocycles. The molecule has 1 heterocycles. The van der Waals surface area contributed by atoms with Gasteiger partial charge in [-0.25, -0.2) is 0 Å². The summed E-state index contributed by atoms with van der Waals surface area (Å²) in [5.74, 6) is 0.0273. The molecule has 0 fully saturated rings. The van der Waals surface area contributed by atoms with Gasteiger partial charge < -0.3 is 5.32 Å². The Morgan fingerprint density at radius 1 is 1.69 bits per heavy atom. The Balaban J connectivity index is 2.27. The molecule has 0 aliphatic rings. The van der Waals surface area contributed by atoms with Crippen molar-refractivity contribution in [2.45, 2.75) is 13.3 Å². The molecule has 1 rings (SSSR count). The Hall–Kier alpha value is -1.09. The third-order valence-electron chi connectivity index (χ3n) is 1.58. The number of nitrogens with one attached hydrogen (secondary N) is 1. The van der Waals surface area contributed by atoms with E-state index in [0.29, 0.717) is 6.54 Å². The third-order valence-corrected chi connectivity index (χ3v) is 2.45. The zero-order chi connectivity index (χ0) is 9.52. The van der Waals surface area contributed by atoms with E-state index in [2.05, 4.69) is 5.32 Å². The highest BCUT2D eigenvalue weighted by Gasteiger charge is 2.03. The van der Waals surface area contributed by atoms with Gasteiger partial charge in [-0.3, -0.25) is 4.79 Å². The van der Waals surface area contributed by atoms with E-state index in [-0.39, 0.29) is 5.91 Å². The molecule has 1 aromatic heterocycles. The van der Waals surface area contributed by atoms with Crippen molar-refractivity contribution in [2.75, 3.05) is 6.54 Å². The van der Waals surface area contributed by atoms with Crippen LogP contribution in [0.15, 0.2) is 29.7 Å². The van der Waals surface area contributed by atoms with E-state index in [4.69, 9.17) is 0 Å². The maximum Gasteiger partial charge on any atom is 0.261 e. The third kappa shape index (κ3) is 3.42. The van der Waals surface area contributed by atoms with Gasteiger partial charge in [0, 0.05) is 6.54 Å². The maximum absolute atomic E-state index is 11.3. The van der Waals surface area contributed by atoms with Gasteiger partial charge in [0.15, 0.2) is 0 Å². The van der Waals surface area contributed by atoms with Crippen LogP contribution in [0.4, 0.5) is 0 Å². The van der Waals surface area contributed by atoms with Crippen molar-refractivity contribution in [1.29, 1.82) is 0 Å². The molecule has 1 N–H and O–H groups in total. The molecule has 0 spiro atoms. The second kappa shape index (κ2) is 5.54. The van der Waals surface area contributed by atoms with Crippen LogP contribution in [0, 0.1) is 0 Å². The van der Waals surface area contributed by atoms with E-state index in [0.717, 1.165) is 11.3 Å². The van der Waals surface area contributed by atoms with Crippen LogP contribution in [-0.2, 0) is 0 Å². The molecule has 0 saturated heterocycles. The summed E-state index contributed by atoms with van der Waals surface area (Å²) in [6.07, 6.45) is 4.92. The lowest BCUT2D eigenvalue weighted by Gasteiger charge is -1.99. The van der Waals surface area contributed by atoms with Gasteiger partial charge in [0.2, 0.25) is 0 Å². The lowest BCUT2D eigenvalue weighted by molar-refractivity contribution is 0.0958. The van der Waals surface area contributed by atoms with Crippen LogP contribution in [-0.4, -0.2) is 12.5 Å². The number of carbonyl (C=O) groups is 1. The maximum atomic E-state index is 11.3. The average Bonchev–Trinajstić information content (AvgIpc) is 2.65. The quantitative estimate of drug-likeness (QED) is 0.580. The monoisotopic (exact) mass is 195 g/mol. The Morgan fingerprint density at radius 3 is 3.15 bits per heavy atom. The number of hydrogen-bond acceptors (Lipinski definition) is 2. The molecule has 0 bridgehead atoms. The summed E-state index contributed by atoms with van der Waals surface area (Å²) in [6, 6.07) is 3.71. The SMILES string of the molecule is C/C=C/CCNC(=O)c1cccs1. The molecule has 2 nitrogen and oxygen atoms in total. The molecule has 0 aliphatic carbocycles. The van der Waals surface area contributed by atoms with E-state index in [1.165, 1.54) is 11.3 Å². The minimum atomic E-state index is 0.0273. The summed E-state index contributed by atoms with van der Waals surface area (Å²) in [5.41, 5.74) is 0. The lowest BCUT2D eigenvalue weighted by atomic mass is 10.3. The number of allylic oxidation sites excluding steroid dienone is 1. The largest absolute Gasteiger partial charge is 0.351 e. The number of hydrogen-bond donors (Lipinski definition) is 1. The predicted molar refractivity (Wildman–Crippen MR) is 56.1 cm³/mol. The van der Waals surface area contributed by atoms with Crippen molar-refractivity contribution in [1.82, 2.24) is 5.32 Å². The standard InChI is InChI=1S/C10H13NOS/c1-2-3-4-7-11-10(12)9-6-5-8-13-9/h2-3,5-6,8H,4,7H2,1H3,(H,11,12)/b3-2+. The Morgan fingerprint density at radius 2 is 2.54 bits per heavy atom. The van der Waals surface area contributed by atoms with Gasteiger partial charge in [-0.1, -0.05) is 18.2 Å². The van der Waals surface area contributed by atoms with Crippen molar-refractivity contribution < 1.29 is 4.79 Å². The zero-order valence-electron chi connectivity index (χ0n) is 7.62. The molecule has 0 aromatic carbocycles. The van der Waals surface area contributed by atoms with Crippen LogP contribution in [0.1, 0.15) is 23.0 Å². The fourth-order valence-electron chi connectivity index (χ4n) is 0.931. The summed E-state index contributed by atoms with van der Waals surface area (Å²) in [5, 5.41) is 4.74. The van der Waals surface area contributed by atoms with Crippen LogP contribution >= 0.6 is 11.3 Å². The highest BCUT2D eigenvalue weighted by Crippen LogP contribution is 2.07. The van der Waals surface area contributed by atoms with Crippen molar-refractivity contribution >= 4 is 17.2 Å². The van der Waals surface area contributed by atoms with E-state index >= 15 is 0 Å². The molecular weight excluding hydrogens is 182 g/mol. The van der Waals surface area contributed by atoms with E-state index in [1.807, 2.05) is 36.6 Å². The van der Waals surface area contributed by atoms with E-state index in [1.54, 1.807) is 0 Å². The molecule has 1 amide bonds. The summed E-state index contributed by atoms with van der Waals surface area (Å²) >= 11 is 1.46. The van der Waals surface area contributed by atoms with Crippen LogP contribution in [0.2, 0.25) is 0 Å². The van der Waals surface area contributed by atoms with Crippen molar-refractivity contribution in [3.05, 3.63) is 34.5 Å². The van der Waals surface area contributed by atoms with Crippen LogP contribution in [0.25, 0.3) is 0 Å². The summed E-state index contributed by atoms with van der Waals surface area (Å²) < 4.78 is 0. The highest BCUT2D eigenvalue weighted by atomic mass is 32.1. The first-order valence-electron chi connectivity index (χ1n) is 4.27. The first-order chi connectivity index (χ1) is 6.34. The van der Waals surface area contributed by atoms with Gasteiger partial charge in [0.05, 0.1) is 4.88 Å². The van der Waals surface area contributed by atoms with Gasteiger partial charge >= 0.3 is 0 Å². The molecule has 0 atom stereocenters. The number of carbonyl (C=O) groups excluding carboxylic acids is 1. The molecule has 3 heteroatoms. The second-order valence-electron chi connectivity index (χ2n) is 2.59. The molecule has 70 valence electrons. The number of thiophene rings is 1. The van der Waals surface area contributed by atoms with Gasteiger partial charge in [0.1, 0.15) is 0 Å². The first-order valence-corrected chi connectivity index (χ1v) is 5.15. The van der Waals surface area contributed by atoms with Crippen LogP contribution < -0.4 is 5.32 Å². The fraction of sp³-hybridized carbons (Fsp3) is 0.300. The van der Waals surface area contributed by atoms with Gasteiger partial charge in [-0.05, 0) is 24.8 Å². The average molecular weight is 195 g/mol. The molecular formula is C10H13NOS. The fourth-order valence-corrected chi connectivity index (χ4v) is 1.57. The molecule has 13 heavy (non-hydrogen) atoms. The predicted octanol–water partition coefficient (Wildman–Crippen LogP) is 2.44. The Labute approximate surface area is 82.3 Å². The normalized spacial score (nSPS) is 10.5. The number of rotatable bonds is 4. The smallest absolute Gasteiger partial charge is 0.261 e. The molecule has 0 radical (unpaired) electrons. The lowest BCUT2D eigenvalue weighted by Crippen LogP contribution is -2.23. The van der Waals surface area contributed by atoms with Crippen molar-refractivity contribution in [2.24, 2.45) is 0 Å². The molecule has 0 unspecified atom stereocenters. The van der Waals surface area contributed by atoms with E-state index in [9.17, 15) is 4.79 Å². The minimum Gasteiger partial charge on any atom is -0.351 e. The van der Waals surface area contributed by atoms with Crippen molar-refractivity contribution in [3.63, 3.8) is 0 Å². The van der Waals surface area contributed by atoms with E-state index < -0.39 is 0 Å². The zero-order valence-corrected chi connectivity index (χ0v) is 8.43. The van der Waals surface area contributed by atoms with Gasteiger partial charge in [-0.2, -0.15) is 0 Å². The minimum absolute atomic E-state index is 0.0273. The Bertz CT molecular complexity index is 277.